The first-order chi connectivity index (χ1) is 14.6. The Morgan fingerprint density at radius 3 is 2.63 bits per heavy atom. The van der Waals surface area contributed by atoms with Crippen LogP contribution in [0, 0.1) is 6.92 Å². The number of carbonyl (C=O) groups excluding carboxylic acids is 1. The van der Waals surface area contributed by atoms with E-state index in [1.54, 1.807) is 38.6 Å². The van der Waals surface area contributed by atoms with Crippen molar-refractivity contribution in [1.82, 2.24) is 14.8 Å². The molecule has 0 aliphatic rings. The number of anilines is 1. The van der Waals surface area contributed by atoms with Gasteiger partial charge in [0.05, 0.1) is 24.4 Å². The summed E-state index contributed by atoms with van der Waals surface area (Å²) in [7, 11) is 3.11. The molecule has 0 bridgehead atoms. The summed E-state index contributed by atoms with van der Waals surface area (Å²) in [6.45, 7) is 2.11. The van der Waals surface area contributed by atoms with Crippen LogP contribution in [0.2, 0.25) is 0 Å². The second kappa shape index (κ2) is 8.42. The number of ether oxygens (including phenoxy) is 3. The van der Waals surface area contributed by atoms with Crippen LogP contribution in [0.1, 0.15) is 16.1 Å². The highest BCUT2D eigenvalue weighted by atomic mass is 32.1. The minimum Gasteiger partial charge on any atom is -0.493 e. The predicted octanol–water partition coefficient (Wildman–Crippen LogP) is 4.11. The average Bonchev–Trinajstić information content (AvgIpc) is 3.38. The fraction of sp³-hybridized carbons (Fsp3) is 0.190. The average molecular weight is 424 g/mol. The number of methoxy groups -OCH3 is 2. The van der Waals surface area contributed by atoms with Gasteiger partial charge >= 0.3 is 0 Å². The molecule has 0 saturated heterocycles. The number of hydrogen-bond donors (Lipinski definition) is 1. The van der Waals surface area contributed by atoms with Crippen molar-refractivity contribution >= 4 is 32.6 Å². The van der Waals surface area contributed by atoms with E-state index in [0.717, 1.165) is 15.8 Å². The Kier molecular flexibility index (Phi) is 5.53. The first-order valence-corrected chi connectivity index (χ1v) is 9.95. The van der Waals surface area contributed by atoms with Crippen LogP contribution >= 0.6 is 11.3 Å². The minimum atomic E-state index is -0.334. The number of thiazole rings is 1. The van der Waals surface area contributed by atoms with E-state index in [9.17, 15) is 4.79 Å². The maximum absolute atomic E-state index is 12.5. The van der Waals surface area contributed by atoms with Crippen LogP contribution in [0.15, 0.2) is 48.7 Å². The molecule has 1 amide bonds. The number of nitrogens with zero attached hydrogens (tertiary/aromatic N) is 3. The minimum absolute atomic E-state index is 0.0877. The van der Waals surface area contributed by atoms with Crippen molar-refractivity contribution < 1.29 is 19.0 Å². The lowest BCUT2D eigenvalue weighted by molar-refractivity contribution is 0.102. The largest absolute Gasteiger partial charge is 0.493 e. The van der Waals surface area contributed by atoms with Gasteiger partial charge in [-0.3, -0.25) is 10.1 Å². The van der Waals surface area contributed by atoms with Gasteiger partial charge in [-0.05, 0) is 42.8 Å². The molecule has 0 aliphatic carbocycles. The van der Waals surface area contributed by atoms with Crippen LogP contribution in [-0.4, -0.2) is 34.9 Å². The summed E-state index contributed by atoms with van der Waals surface area (Å²) >= 11 is 1.43. The molecule has 0 unspecified atom stereocenters. The van der Waals surface area contributed by atoms with E-state index in [1.165, 1.54) is 16.0 Å². The number of nitrogens with one attached hydrogen (secondary N) is 1. The van der Waals surface area contributed by atoms with E-state index in [-0.39, 0.29) is 18.3 Å². The highest BCUT2D eigenvalue weighted by Gasteiger charge is 2.15. The third-order valence-corrected chi connectivity index (χ3v) is 5.30. The highest BCUT2D eigenvalue weighted by Crippen LogP contribution is 2.36. The molecule has 0 fully saturated rings. The maximum Gasteiger partial charge on any atom is 0.277 e. The van der Waals surface area contributed by atoms with E-state index in [1.807, 2.05) is 31.2 Å². The Labute approximate surface area is 177 Å². The quantitative estimate of drug-likeness (QED) is 0.480. The van der Waals surface area contributed by atoms with Gasteiger partial charge < -0.3 is 14.2 Å². The molecule has 4 rings (SSSR count). The summed E-state index contributed by atoms with van der Waals surface area (Å²) in [5.41, 5.74) is 2.26. The molecule has 0 aliphatic heterocycles. The van der Waals surface area contributed by atoms with Gasteiger partial charge in [-0.25, -0.2) is 9.67 Å². The van der Waals surface area contributed by atoms with Gasteiger partial charge in [0.15, 0.2) is 29.1 Å². The van der Waals surface area contributed by atoms with Crippen LogP contribution in [0.5, 0.6) is 17.2 Å². The first kappa shape index (κ1) is 19.7. The molecule has 2 aromatic carbocycles. The standard InChI is InChI=1S/C21H20N4O4S/c1-13-7-8-14-18(11-13)30-21(22-14)23-20(26)15-9-10-25(24-15)12-29-19-16(27-2)5-4-6-17(19)28-3/h4-11H,12H2,1-3H3,(H,22,23,26). The number of carbonyl (C=O) groups is 1. The van der Waals surface area contributed by atoms with Gasteiger partial charge in [0.25, 0.3) is 5.91 Å². The van der Waals surface area contributed by atoms with Gasteiger partial charge in [-0.15, -0.1) is 0 Å². The molecule has 8 nitrogen and oxygen atoms in total. The zero-order valence-electron chi connectivity index (χ0n) is 16.7. The Hall–Kier alpha value is -3.59. The van der Waals surface area contributed by atoms with Crippen LogP contribution in [0.3, 0.4) is 0 Å². The molecule has 4 aromatic rings. The fourth-order valence-corrected chi connectivity index (χ4v) is 3.85. The lowest BCUT2D eigenvalue weighted by Crippen LogP contribution is -2.14. The van der Waals surface area contributed by atoms with Gasteiger partial charge in [0.1, 0.15) is 0 Å². The van der Waals surface area contributed by atoms with E-state index >= 15 is 0 Å². The van der Waals surface area contributed by atoms with E-state index in [4.69, 9.17) is 14.2 Å². The zero-order chi connectivity index (χ0) is 21.1. The maximum atomic E-state index is 12.5. The fourth-order valence-electron chi connectivity index (χ4n) is 2.89. The normalized spacial score (nSPS) is 10.8. The second-order valence-electron chi connectivity index (χ2n) is 6.45. The molecule has 2 aromatic heterocycles. The molecular weight excluding hydrogens is 404 g/mol. The SMILES string of the molecule is COc1cccc(OC)c1OCn1ccc(C(=O)Nc2nc3ccc(C)cc3s2)n1. The third-order valence-electron chi connectivity index (χ3n) is 4.36. The van der Waals surface area contributed by atoms with Crippen molar-refractivity contribution in [3.63, 3.8) is 0 Å². The summed E-state index contributed by atoms with van der Waals surface area (Å²) < 4.78 is 19.0. The van der Waals surface area contributed by atoms with Crippen molar-refractivity contribution in [1.29, 1.82) is 0 Å². The summed E-state index contributed by atoms with van der Waals surface area (Å²) in [6, 6.07) is 13.0. The lowest BCUT2D eigenvalue weighted by atomic mass is 10.2. The molecule has 154 valence electrons. The van der Waals surface area contributed by atoms with Crippen molar-refractivity contribution in [2.45, 2.75) is 13.7 Å². The topological polar surface area (TPSA) is 87.5 Å². The highest BCUT2D eigenvalue weighted by molar-refractivity contribution is 7.22. The molecule has 0 saturated carbocycles. The molecule has 0 spiro atoms. The van der Waals surface area contributed by atoms with Gasteiger partial charge in [0, 0.05) is 6.20 Å². The summed E-state index contributed by atoms with van der Waals surface area (Å²) in [5.74, 6) is 1.23. The van der Waals surface area contributed by atoms with Gasteiger partial charge in [-0.2, -0.15) is 5.10 Å². The molecule has 0 atom stereocenters. The molecule has 2 heterocycles. The number of amides is 1. The van der Waals surface area contributed by atoms with Crippen LogP contribution in [0.25, 0.3) is 10.2 Å². The molecule has 1 N–H and O–H groups in total. The van der Waals surface area contributed by atoms with Crippen molar-refractivity contribution in [3.8, 4) is 17.2 Å². The summed E-state index contributed by atoms with van der Waals surface area (Å²) in [4.78, 5) is 17.0. The molecule has 9 heteroatoms. The Morgan fingerprint density at radius 1 is 1.13 bits per heavy atom. The van der Waals surface area contributed by atoms with Crippen molar-refractivity contribution in [2.24, 2.45) is 0 Å². The van der Waals surface area contributed by atoms with Crippen LogP contribution in [-0.2, 0) is 6.73 Å². The van der Waals surface area contributed by atoms with Gasteiger partial charge in [0.2, 0.25) is 5.75 Å². The van der Waals surface area contributed by atoms with E-state index in [0.29, 0.717) is 22.4 Å². The van der Waals surface area contributed by atoms with Crippen LogP contribution < -0.4 is 19.5 Å². The first-order valence-electron chi connectivity index (χ1n) is 9.13. The number of rotatable bonds is 7. The van der Waals surface area contributed by atoms with E-state index < -0.39 is 0 Å². The Bertz CT molecular complexity index is 1180. The molecule has 0 radical (unpaired) electrons. The second-order valence-corrected chi connectivity index (χ2v) is 7.48. The smallest absolute Gasteiger partial charge is 0.277 e. The lowest BCUT2D eigenvalue weighted by Gasteiger charge is -2.13. The monoisotopic (exact) mass is 424 g/mol. The van der Waals surface area contributed by atoms with Crippen LogP contribution in [0.4, 0.5) is 5.13 Å². The Morgan fingerprint density at radius 2 is 1.90 bits per heavy atom. The number of fused-ring (bicyclic) bond motifs is 1. The van der Waals surface area contributed by atoms with E-state index in [2.05, 4.69) is 15.4 Å². The number of aryl methyl sites for hydroxylation is 1. The number of aromatic nitrogens is 3. The number of hydrogen-bond acceptors (Lipinski definition) is 7. The van der Waals surface area contributed by atoms with Gasteiger partial charge in [-0.1, -0.05) is 23.5 Å². The zero-order valence-corrected chi connectivity index (χ0v) is 17.5. The molecule has 30 heavy (non-hydrogen) atoms. The number of para-hydroxylation sites is 1. The van der Waals surface area contributed by atoms with Crippen molar-refractivity contribution in [3.05, 3.63) is 59.9 Å². The van der Waals surface area contributed by atoms with Crippen molar-refractivity contribution in [2.75, 3.05) is 19.5 Å². The number of benzene rings is 2. The Balaban J connectivity index is 1.44. The molecular formula is C21H20N4O4S. The predicted molar refractivity (Wildman–Crippen MR) is 115 cm³/mol. The third kappa shape index (κ3) is 4.06. The summed E-state index contributed by atoms with van der Waals surface area (Å²) in [5, 5.41) is 7.61. The summed E-state index contributed by atoms with van der Waals surface area (Å²) in [6.07, 6.45) is 1.67.